The van der Waals surface area contributed by atoms with Crippen LogP contribution in [0.25, 0.3) is 22.3 Å². The molecule has 3 aromatic rings. The molecule has 0 spiro atoms. The van der Waals surface area contributed by atoms with Gasteiger partial charge < -0.3 is 9.52 Å². The number of rotatable bonds is 1. The summed E-state index contributed by atoms with van der Waals surface area (Å²) < 4.78 is 5.77. The number of hydrogen-bond donors (Lipinski definition) is 1. The zero-order chi connectivity index (χ0) is 15.1. The minimum Gasteiger partial charge on any atom is -0.502 e. The van der Waals surface area contributed by atoms with Crippen LogP contribution in [0.4, 0.5) is 0 Å². The molecule has 0 aliphatic carbocycles. The first-order valence-corrected chi connectivity index (χ1v) is 6.88. The molecule has 0 aliphatic heterocycles. The van der Waals surface area contributed by atoms with Crippen LogP contribution in [0.15, 0.2) is 45.6 Å². The lowest BCUT2D eigenvalue weighted by Crippen LogP contribution is -2.04. The number of benzene rings is 2. The summed E-state index contributed by atoms with van der Waals surface area (Å²) in [7, 11) is 0. The fourth-order valence-electron chi connectivity index (χ4n) is 2.51. The van der Waals surface area contributed by atoms with Crippen molar-refractivity contribution in [3.05, 3.63) is 62.8 Å². The normalized spacial score (nSPS) is 11.0. The SMILES string of the molecule is Cc1cc(C)c2c(=O)c(O)c(-c3ccccc3Cl)oc2c1. The molecule has 0 atom stereocenters. The number of aromatic hydroxyl groups is 1. The molecule has 0 saturated heterocycles. The second-order valence-corrected chi connectivity index (χ2v) is 5.45. The van der Waals surface area contributed by atoms with Crippen LogP contribution in [0.3, 0.4) is 0 Å². The maximum absolute atomic E-state index is 12.4. The molecule has 3 nitrogen and oxygen atoms in total. The van der Waals surface area contributed by atoms with Gasteiger partial charge in [0.05, 0.1) is 10.4 Å². The van der Waals surface area contributed by atoms with Gasteiger partial charge in [-0.15, -0.1) is 0 Å². The summed E-state index contributed by atoms with van der Waals surface area (Å²) in [5, 5.41) is 11.0. The first-order valence-electron chi connectivity index (χ1n) is 6.51. The predicted octanol–water partition coefficient (Wildman–Crippen LogP) is 4.44. The molecule has 0 unspecified atom stereocenters. The molecule has 0 saturated carbocycles. The second-order valence-electron chi connectivity index (χ2n) is 5.04. The largest absolute Gasteiger partial charge is 0.502 e. The van der Waals surface area contributed by atoms with Crippen molar-refractivity contribution in [2.45, 2.75) is 13.8 Å². The van der Waals surface area contributed by atoms with Crippen LogP contribution in [-0.4, -0.2) is 5.11 Å². The Hall–Kier alpha value is -2.26. The highest BCUT2D eigenvalue weighted by Crippen LogP contribution is 2.35. The summed E-state index contributed by atoms with van der Waals surface area (Å²) in [6.07, 6.45) is 0. The zero-order valence-corrected chi connectivity index (χ0v) is 12.4. The van der Waals surface area contributed by atoms with Crippen LogP contribution in [0, 0.1) is 13.8 Å². The van der Waals surface area contributed by atoms with Crippen molar-refractivity contribution in [3.8, 4) is 17.1 Å². The number of hydrogen-bond acceptors (Lipinski definition) is 3. The van der Waals surface area contributed by atoms with Gasteiger partial charge in [0.1, 0.15) is 5.58 Å². The van der Waals surface area contributed by atoms with E-state index in [-0.39, 0.29) is 5.76 Å². The highest BCUT2D eigenvalue weighted by molar-refractivity contribution is 6.33. The molecule has 0 fully saturated rings. The molecule has 1 N–H and O–H groups in total. The summed E-state index contributed by atoms with van der Waals surface area (Å²) in [5.41, 5.74) is 2.27. The van der Waals surface area contributed by atoms with Crippen LogP contribution >= 0.6 is 11.6 Å². The molecule has 0 radical (unpaired) electrons. The first-order chi connectivity index (χ1) is 9.99. The van der Waals surface area contributed by atoms with E-state index in [0.29, 0.717) is 21.6 Å². The minimum absolute atomic E-state index is 0.100. The molecule has 0 aliphatic rings. The van der Waals surface area contributed by atoms with E-state index in [1.807, 2.05) is 19.9 Å². The van der Waals surface area contributed by atoms with Crippen LogP contribution in [0.2, 0.25) is 5.02 Å². The second kappa shape index (κ2) is 4.93. The van der Waals surface area contributed by atoms with E-state index in [1.54, 1.807) is 30.3 Å². The highest BCUT2D eigenvalue weighted by Gasteiger charge is 2.18. The maximum atomic E-state index is 12.4. The van der Waals surface area contributed by atoms with Crippen molar-refractivity contribution in [2.75, 3.05) is 0 Å². The van der Waals surface area contributed by atoms with Crippen molar-refractivity contribution in [1.29, 1.82) is 0 Å². The Labute approximate surface area is 126 Å². The van der Waals surface area contributed by atoms with Crippen LogP contribution in [-0.2, 0) is 0 Å². The third-order valence-corrected chi connectivity index (χ3v) is 3.76. The average molecular weight is 301 g/mol. The molecule has 0 amide bonds. The van der Waals surface area contributed by atoms with E-state index in [4.69, 9.17) is 16.0 Å². The standard InChI is InChI=1S/C17H13ClO3/c1-9-7-10(2)14-13(8-9)21-17(16(20)15(14)19)11-5-3-4-6-12(11)18/h3-8,20H,1-2H3. The van der Waals surface area contributed by atoms with Crippen molar-refractivity contribution in [2.24, 2.45) is 0 Å². The topological polar surface area (TPSA) is 50.4 Å². The summed E-state index contributed by atoms with van der Waals surface area (Å²) in [5.74, 6) is -0.314. The number of fused-ring (bicyclic) bond motifs is 1. The van der Waals surface area contributed by atoms with Crippen LogP contribution in [0.1, 0.15) is 11.1 Å². The Kier molecular flexibility index (Phi) is 3.22. The van der Waals surface area contributed by atoms with E-state index in [0.717, 1.165) is 11.1 Å². The monoisotopic (exact) mass is 300 g/mol. The Morgan fingerprint density at radius 1 is 1.14 bits per heavy atom. The quantitative estimate of drug-likeness (QED) is 0.723. The third kappa shape index (κ3) is 2.20. The van der Waals surface area contributed by atoms with E-state index in [2.05, 4.69) is 0 Å². The third-order valence-electron chi connectivity index (χ3n) is 3.43. The number of halogens is 1. The van der Waals surface area contributed by atoms with Crippen LogP contribution in [0.5, 0.6) is 5.75 Å². The smallest absolute Gasteiger partial charge is 0.235 e. The molecule has 1 aromatic heterocycles. The molecular formula is C17H13ClO3. The summed E-state index contributed by atoms with van der Waals surface area (Å²) in [6.45, 7) is 3.75. The lowest BCUT2D eigenvalue weighted by Gasteiger charge is -2.09. The molecular weight excluding hydrogens is 288 g/mol. The molecule has 21 heavy (non-hydrogen) atoms. The highest BCUT2D eigenvalue weighted by atomic mass is 35.5. The predicted molar refractivity (Wildman–Crippen MR) is 84.1 cm³/mol. The van der Waals surface area contributed by atoms with E-state index < -0.39 is 11.2 Å². The van der Waals surface area contributed by atoms with Gasteiger partial charge in [-0.3, -0.25) is 4.79 Å². The van der Waals surface area contributed by atoms with Gasteiger partial charge in [0, 0.05) is 5.56 Å². The molecule has 1 heterocycles. The Balaban J connectivity index is 2.44. The fraction of sp³-hybridized carbons (Fsp3) is 0.118. The van der Waals surface area contributed by atoms with Gasteiger partial charge in [0.2, 0.25) is 11.2 Å². The lowest BCUT2D eigenvalue weighted by molar-refractivity contribution is 0.449. The van der Waals surface area contributed by atoms with Crippen molar-refractivity contribution < 1.29 is 9.52 Å². The summed E-state index contributed by atoms with van der Waals surface area (Å²) >= 11 is 6.12. The Morgan fingerprint density at radius 2 is 1.86 bits per heavy atom. The lowest BCUT2D eigenvalue weighted by atomic mass is 10.0. The zero-order valence-electron chi connectivity index (χ0n) is 11.6. The van der Waals surface area contributed by atoms with Crippen molar-refractivity contribution >= 4 is 22.6 Å². The van der Waals surface area contributed by atoms with Gasteiger partial charge in [-0.1, -0.05) is 29.8 Å². The molecule has 2 aromatic carbocycles. The van der Waals surface area contributed by atoms with Gasteiger partial charge >= 0.3 is 0 Å². The molecule has 0 bridgehead atoms. The van der Waals surface area contributed by atoms with E-state index in [9.17, 15) is 9.90 Å². The molecule has 106 valence electrons. The number of aryl methyl sites for hydroxylation is 2. The van der Waals surface area contributed by atoms with E-state index in [1.165, 1.54) is 0 Å². The summed E-state index contributed by atoms with van der Waals surface area (Å²) in [6, 6.07) is 10.6. The van der Waals surface area contributed by atoms with Gasteiger partial charge in [0.15, 0.2) is 5.76 Å². The fourth-order valence-corrected chi connectivity index (χ4v) is 2.73. The molecule has 4 heteroatoms. The van der Waals surface area contributed by atoms with Crippen molar-refractivity contribution in [1.82, 2.24) is 0 Å². The minimum atomic E-state index is -0.441. The van der Waals surface area contributed by atoms with Gasteiger partial charge in [-0.2, -0.15) is 0 Å². The Morgan fingerprint density at radius 3 is 2.57 bits per heavy atom. The van der Waals surface area contributed by atoms with Crippen LogP contribution < -0.4 is 5.43 Å². The summed E-state index contributed by atoms with van der Waals surface area (Å²) in [4.78, 5) is 12.4. The van der Waals surface area contributed by atoms with Gasteiger partial charge in [-0.25, -0.2) is 0 Å². The Bertz CT molecular complexity index is 910. The van der Waals surface area contributed by atoms with E-state index >= 15 is 0 Å². The maximum Gasteiger partial charge on any atom is 0.235 e. The van der Waals surface area contributed by atoms with Gasteiger partial charge in [0.25, 0.3) is 0 Å². The molecule has 3 rings (SSSR count). The van der Waals surface area contributed by atoms with Crippen molar-refractivity contribution in [3.63, 3.8) is 0 Å². The average Bonchev–Trinajstić information content (AvgIpc) is 2.43. The van der Waals surface area contributed by atoms with Gasteiger partial charge in [-0.05, 0) is 43.2 Å². The first kappa shape index (κ1) is 13.7.